The van der Waals surface area contributed by atoms with Gasteiger partial charge in [-0.2, -0.15) is 0 Å². The highest BCUT2D eigenvalue weighted by Crippen LogP contribution is 2.58. The zero-order valence-electron chi connectivity index (χ0n) is 14.2. The molecule has 128 valence electrons. The minimum absolute atomic E-state index is 0.00709. The highest BCUT2D eigenvalue weighted by Gasteiger charge is 2.61. The molecule has 0 unspecified atom stereocenters. The second-order valence-electron chi connectivity index (χ2n) is 7.46. The van der Waals surface area contributed by atoms with Gasteiger partial charge < -0.3 is 19.0 Å². The number of pyridine rings is 1. The van der Waals surface area contributed by atoms with Gasteiger partial charge in [0.1, 0.15) is 17.0 Å². The van der Waals surface area contributed by atoms with E-state index in [4.69, 9.17) is 14.5 Å². The largest absolute Gasteiger partial charge is 0.490 e. The van der Waals surface area contributed by atoms with E-state index in [1.807, 2.05) is 20.0 Å². The molecule has 0 amide bonds. The lowest BCUT2D eigenvalue weighted by molar-refractivity contribution is 0.0154. The van der Waals surface area contributed by atoms with Crippen molar-refractivity contribution in [2.24, 2.45) is 0 Å². The van der Waals surface area contributed by atoms with Crippen LogP contribution in [-0.4, -0.2) is 38.8 Å². The van der Waals surface area contributed by atoms with Gasteiger partial charge in [0.05, 0.1) is 24.0 Å². The van der Waals surface area contributed by atoms with Crippen molar-refractivity contribution in [1.29, 1.82) is 0 Å². The molecule has 1 atom stereocenters. The molecule has 3 fully saturated rings. The van der Waals surface area contributed by atoms with Gasteiger partial charge in [-0.3, -0.25) is 0 Å². The van der Waals surface area contributed by atoms with Crippen LogP contribution in [0.15, 0.2) is 18.5 Å². The van der Waals surface area contributed by atoms with E-state index in [1.54, 1.807) is 16.7 Å². The summed E-state index contributed by atoms with van der Waals surface area (Å²) in [5, 5.41) is 9.49. The van der Waals surface area contributed by atoms with Crippen molar-refractivity contribution in [3.05, 3.63) is 29.7 Å². The van der Waals surface area contributed by atoms with Gasteiger partial charge in [0.2, 0.25) is 0 Å². The van der Waals surface area contributed by atoms with Gasteiger partial charge in [-0.05, 0) is 33.1 Å². The van der Waals surface area contributed by atoms with Gasteiger partial charge in [0, 0.05) is 23.9 Å². The summed E-state index contributed by atoms with van der Waals surface area (Å²) >= 11 is 0. The maximum absolute atomic E-state index is 11.6. The lowest BCUT2D eigenvalue weighted by Crippen LogP contribution is -2.45. The van der Waals surface area contributed by atoms with Crippen LogP contribution in [0.1, 0.15) is 56.1 Å². The SMILES string of the molecule is CC[C@@H](C)Oc1cc2nc(C34COC(C)(C3)C4)cn2cc1C(=O)O. The fourth-order valence-electron chi connectivity index (χ4n) is 3.98. The van der Waals surface area contributed by atoms with Crippen molar-refractivity contribution in [2.75, 3.05) is 6.61 Å². The maximum Gasteiger partial charge on any atom is 0.341 e. The molecule has 0 aromatic carbocycles. The topological polar surface area (TPSA) is 73.1 Å². The molecule has 2 saturated heterocycles. The number of rotatable bonds is 5. The average Bonchev–Trinajstić information content (AvgIpc) is 3.16. The Balaban J connectivity index is 1.75. The number of carboxylic acid groups (broad SMARTS) is 1. The summed E-state index contributed by atoms with van der Waals surface area (Å²) in [6, 6.07) is 1.73. The smallest absolute Gasteiger partial charge is 0.341 e. The molecular weight excluding hydrogens is 308 g/mol. The lowest BCUT2D eigenvalue weighted by atomic mass is 9.62. The zero-order valence-corrected chi connectivity index (χ0v) is 14.2. The predicted molar refractivity (Wildman–Crippen MR) is 87.8 cm³/mol. The maximum atomic E-state index is 11.6. The third-order valence-electron chi connectivity index (χ3n) is 5.35. The normalized spacial score (nSPS) is 29.5. The standard InChI is InChI=1S/C18H22N2O4/c1-4-11(2)24-13-5-15-19-14(7-20(15)6-12(13)16(21)22)18-8-17(3,9-18)23-10-18/h5-7,11H,4,8-10H2,1-3H3,(H,21,22)/t11-,17?,18?/m1/s1. The minimum atomic E-state index is -0.996. The third kappa shape index (κ3) is 2.20. The first kappa shape index (κ1) is 15.4. The summed E-state index contributed by atoms with van der Waals surface area (Å²) in [6.07, 6.45) is 6.24. The molecule has 0 spiro atoms. The Labute approximate surface area is 140 Å². The monoisotopic (exact) mass is 330 g/mol. The number of imidazole rings is 1. The molecule has 2 bridgehead atoms. The molecule has 4 heterocycles. The lowest BCUT2D eigenvalue weighted by Gasteiger charge is -2.41. The Kier molecular flexibility index (Phi) is 3.19. The molecule has 2 aliphatic heterocycles. The van der Waals surface area contributed by atoms with Crippen LogP contribution >= 0.6 is 0 Å². The third-order valence-corrected chi connectivity index (χ3v) is 5.35. The summed E-state index contributed by atoms with van der Waals surface area (Å²) in [5.41, 5.74) is 1.83. The molecule has 0 radical (unpaired) electrons. The predicted octanol–water partition coefficient (Wildman–Crippen LogP) is 3.03. The number of carbonyl (C=O) groups is 1. The van der Waals surface area contributed by atoms with Gasteiger partial charge in [0.25, 0.3) is 0 Å². The van der Waals surface area contributed by atoms with Crippen molar-refractivity contribution in [1.82, 2.24) is 9.38 Å². The van der Waals surface area contributed by atoms with Crippen LogP contribution in [0.25, 0.3) is 5.65 Å². The Morgan fingerprint density at radius 2 is 2.25 bits per heavy atom. The molecule has 2 aromatic rings. The fraction of sp³-hybridized carbons (Fsp3) is 0.556. The summed E-state index contributed by atoms with van der Waals surface area (Å²) < 4.78 is 13.4. The Morgan fingerprint density at radius 1 is 1.50 bits per heavy atom. The van der Waals surface area contributed by atoms with E-state index in [-0.39, 0.29) is 22.7 Å². The molecule has 6 heteroatoms. The second-order valence-corrected chi connectivity index (χ2v) is 7.46. The van der Waals surface area contributed by atoms with Gasteiger partial charge in [0.15, 0.2) is 0 Å². The van der Waals surface area contributed by atoms with Gasteiger partial charge in [-0.15, -0.1) is 0 Å². The first-order chi connectivity index (χ1) is 11.3. The highest BCUT2D eigenvalue weighted by atomic mass is 16.5. The molecule has 3 aliphatic rings. The summed E-state index contributed by atoms with van der Waals surface area (Å²) in [5.74, 6) is -0.621. The quantitative estimate of drug-likeness (QED) is 0.912. The van der Waals surface area contributed by atoms with Crippen LogP contribution < -0.4 is 4.74 Å². The van der Waals surface area contributed by atoms with Crippen LogP contribution in [0, 0.1) is 0 Å². The van der Waals surface area contributed by atoms with Gasteiger partial charge in [-0.1, -0.05) is 6.92 Å². The number of aromatic carboxylic acids is 1. The van der Waals surface area contributed by atoms with Crippen LogP contribution in [0.3, 0.4) is 0 Å². The number of fused-ring (bicyclic) bond motifs is 2. The summed E-state index contributed by atoms with van der Waals surface area (Å²) in [4.78, 5) is 16.3. The van der Waals surface area contributed by atoms with Gasteiger partial charge in [-0.25, -0.2) is 9.78 Å². The molecule has 1 aliphatic carbocycles. The number of hydrogen-bond donors (Lipinski definition) is 1. The van der Waals surface area contributed by atoms with E-state index in [1.165, 1.54) is 0 Å². The van der Waals surface area contributed by atoms with E-state index in [0.717, 1.165) is 25.0 Å². The van der Waals surface area contributed by atoms with E-state index in [2.05, 4.69) is 6.92 Å². The van der Waals surface area contributed by atoms with E-state index in [9.17, 15) is 9.90 Å². The summed E-state index contributed by atoms with van der Waals surface area (Å²) in [6.45, 7) is 6.75. The second kappa shape index (κ2) is 4.96. The number of ether oxygens (including phenoxy) is 2. The first-order valence-electron chi connectivity index (χ1n) is 8.41. The van der Waals surface area contributed by atoms with Crippen molar-refractivity contribution >= 4 is 11.6 Å². The van der Waals surface area contributed by atoms with Crippen molar-refractivity contribution in [2.45, 2.75) is 57.2 Å². The van der Waals surface area contributed by atoms with Crippen LogP contribution in [0.2, 0.25) is 0 Å². The Hall–Kier alpha value is -2.08. The van der Waals surface area contributed by atoms with Crippen molar-refractivity contribution in [3.63, 3.8) is 0 Å². The Morgan fingerprint density at radius 3 is 2.83 bits per heavy atom. The number of carboxylic acids is 1. The molecule has 1 N–H and O–H groups in total. The number of nitrogens with zero attached hydrogens (tertiary/aromatic N) is 2. The van der Waals surface area contributed by atoms with E-state index < -0.39 is 5.97 Å². The summed E-state index contributed by atoms with van der Waals surface area (Å²) in [7, 11) is 0. The number of aromatic nitrogens is 2. The number of hydrogen-bond acceptors (Lipinski definition) is 4. The van der Waals surface area contributed by atoms with E-state index >= 15 is 0 Å². The zero-order chi connectivity index (χ0) is 17.1. The van der Waals surface area contributed by atoms with Crippen molar-refractivity contribution < 1.29 is 19.4 Å². The first-order valence-corrected chi connectivity index (χ1v) is 8.41. The van der Waals surface area contributed by atoms with Gasteiger partial charge >= 0.3 is 5.97 Å². The molecule has 6 nitrogen and oxygen atoms in total. The molecule has 24 heavy (non-hydrogen) atoms. The highest BCUT2D eigenvalue weighted by molar-refractivity contribution is 5.91. The Bertz CT molecular complexity index is 820. The molecule has 5 rings (SSSR count). The molecular formula is C18H22N2O4. The van der Waals surface area contributed by atoms with Crippen LogP contribution in [-0.2, 0) is 10.2 Å². The molecule has 1 saturated carbocycles. The van der Waals surface area contributed by atoms with E-state index in [0.29, 0.717) is 18.0 Å². The fourth-order valence-corrected chi connectivity index (χ4v) is 3.98. The molecule has 2 aromatic heterocycles. The average molecular weight is 330 g/mol. The van der Waals surface area contributed by atoms with Crippen LogP contribution in [0.5, 0.6) is 5.75 Å². The van der Waals surface area contributed by atoms with Crippen molar-refractivity contribution in [3.8, 4) is 5.75 Å². The van der Waals surface area contributed by atoms with Crippen LogP contribution in [0.4, 0.5) is 0 Å². The minimum Gasteiger partial charge on any atom is -0.490 e.